The molecule has 398 valence electrons. The number of imidazole rings is 1. The van der Waals surface area contributed by atoms with E-state index < -0.39 is 102 Å². The number of hydrogen-bond acceptors (Lipinski definition) is 11. The molecule has 0 radical (unpaired) electrons. The molecule has 1 aliphatic heterocycles. The zero-order chi connectivity index (χ0) is 53.6. The van der Waals surface area contributed by atoms with Crippen LogP contribution in [0, 0.1) is 0 Å². The number of fused-ring (bicyclic) bond motifs is 1. The van der Waals surface area contributed by atoms with Crippen LogP contribution in [0.1, 0.15) is 88.5 Å². The van der Waals surface area contributed by atoms with Crippen molar-refractivity contribution in [1.29, 1.82) is 0 Å². The fourth-order valence-corrected chi connectivity index (χ4v) is 8.37. The number of carbonyl (C=O) groups is 9. The van der Waals surface area contributed by atoms with Gasteiger partial charge in [0.1, 0.15) is 42.3 Å². The zero-order valence-corrected chi connectivity index (χ0v) is 41.5. The summed E-state index contributed by atoms with van der Waals surface area (Å²) in [5.74, 6) is -7.80. The van der Waals surface area contributed by atoms with Gasteiger partial charge in [-0.25, -0.2) is 9.78 Å². The van der Waals surface area contributed by atoms with Gasteiger partial charge >= 0.3 is 5.97 Å². The second-order valence-electron chi connectivity index (χ2n) is 18.1. The van der Waals surface area contributed by atoms with E-state index in [9.17, 15) is 48.3 Å². The number of para-hydroxylation sites is 1. The number of H-pyrrole nitrogens is 2. The Balaban J connectivity index is 1.55. The lowest BCUT2D eigenvalue weighted by molar-refractivity contribution is -0.142. The Morgan fingerprint density at radius 2 is 1.43 bits per heavy atom. The third-order valence-electron chi connectivity index (χ3n) is 12.3. The summed E-state index contributed by atoms with van der Waals surface area (Å²) in [6, 6.07) is 6.21. The summed E-state index contributed by atoms with van der Waals surface area (Å²) in [6.07, 6.45) is 5.28. The topological polar surface area (TPSA) is 379 Å². The van der Waals surface area contributed by atoms with Crippen LogP contribution in [-0.4, -0.2) is 135 Å². The Bertz CT molecular complexity index is 2580. The Labute approximate surface area is 427 Å². The number of aliphatic imine (C=N–C) groups is 1. The molecule has 2 aromatic heterocycles. The van der Waals surface area contributed by atoms with Crippen molar-refractivity contribution in [2.24, 2.45) is 16.5 Å². The van der Waals surface area contributed by atoms with E-state index in [1.165, 1.54) is 19.4 Å². The van der Waals surface area contributed by atoms with Crippen LogP contribution in [0.5, 0.6) is 0 Å². The minimum atomic E-state index is -1.59. The molecule has 1 aliphatic rings. The summed E-state index contributed by atoms with van der Waals surface area (Å²) in [5, 5.41) is 32.3. The lowest BCUT2D eigenvalue weighted by atomic mass is 10.0. The summed E-state index contributed by atoms with van der Waals surface area (Å²) >= 11 is 0. The highest BCUT2D eigenvalue weighted by Crippen LogP contribution is 2.20. The molecule has 5 rings (SSSR count). The van der Waals surface area contributed by atoms with Gasteiger partial charge in [0, 0.05) is 68.3 Å². The molecule has 0 saturated carbocycles. The van der Waals surface area contributed by atoms with Crippen molar-refractivity contribution in [3.8, 4) is 0 Å². The van der Waals surface area contributed by atoms with E-state index in [0.29, 0.717) is 29.7 Å². The number of guanidine groups is 1. The molecule has 7 atom stereocenters. The maximum Gasteiger partial charge on any atom is 0.326 e. The third-order valence-corrected chi connectivity index (χ3v) is 12.3. The molecule has 15 N–H and O–H groups in total. The van der Waals surface area contributed by atoms with Crippen LogP contribution in [0.25, 0.3) is 10.9 Å². The van der Waals surface area contributed by atoms with Crippen molar-refractivity contribution in [1.82, 2.24) is 57.5 Å². The Kier molecular flexibility index (Phi) is 21.9. The predicted octanol–water partition coefficient (Wildman–Crippen LogP) is -0.649. The molecule has 24 nitrogen and oxygen atoms in total. The van der Waals surface area contributed by atoms with Gasteiger partial charge in [-0.3, -0.25) is 43.3 Å². The molecule has 3 heterocycles. The first-order valence-corrected chi connectivity index (χ1v) is 24.7. The lowest BCUT2D eigenvalue weighted by Gasteiger charge is -2.28. The standard InChI is InChI=1S/C50H68N14O10/c1-3-4-16-35(58-29(2)65)43(67)64-41-25-42(66)54-20-11-10-18-37(49(73)74)60-46(70)39(23-31-26-56-34-17-9-8-15-33(31)34)62-44(68)36(19-12-21-55-50(51)52)59-45(69)38(22-30-13-6-5-7-14-30)61-47(71)40(63-48(41)72)24-32-27-53-28-57-32/h5-9,13-15,17,26-28,35-41,56H,3-4,10-12,16,18-25H2,1-2H3,(H,53,57)(H,54,66)(H,58,65)(H,59,69)(H,60,70)(H,61,71)(H,62,68)(H,63,72)(H,64,67)(H,73,74)(H4,51,52,55)/t35-,36-,37-,38-,39+,40-,41?/m0/s1. The first-order chi connectivity index (χ1) is 35.5. The van der Waals surface area contributed by atoms with Crippen molar-refractivity contribution in [3.05, 3.63) is 90.1 Å². The van der Waals surface area contributed by atoms with Gasteiger partial charge in [0.25, 0.3) is 0 Å². The number of rotatable bonds is 17. The van der Waals surface area contributed by atoms with Gasteiger partial charge in [0.2, 0.25) is 47.3 Å². The number of carbonyl (C=O) groups excluding carboxylic acids is 8. The van der Waals surface area contributed by atoms with Crippen molar-refractivity contribution in [3.63, 3.8) is 0 Å². The SMILES string of the molecule is CCCC[C@H](NC(C)=O)C(=O)NC1CC(=O)NCCCC[C@@H](C(=O)O)NC(=O)[C@@H](Cc2c[nH]c3ccccc23)NC(=O)[C@H](CCCN=C(N)N)NC(=O)[C@H](Cc2ccccc2)NC(=O)[C@H](Cc2cnc[nH]2)NC1=O. The summed E-state index contributed by atoms with van der Waals surface area (Å²) in [4.78, 5) is 139. The molecule has 0 aliphatic carbocycles. The van der Waals surface area contributed by atoms with Crippen LogP contribution in [0.15, 0.2) is 78.3 Å². The molecule has 1 unspecified atom stereocenters. The Morgan fingerprint density at radius 3 is 2.11 bits per heavy atom. The van der Waals surface area contributed by atoms with Gasteiger partial charge in [-0.1, -0.05) is 68.3 Å². The number of amides is 8. The number of carboxylic acid groups (broad SMARTS) is 1. The fraction of sp³-hybridized carbons (Fsp3) is 0.460. The molecule has 74 heavy (non-hydrogen) atoms. The van der Waals surface area contributed by atoms with E-state index >= 15 is 0 Å². The van der Waals surface area contributed by atoms with E-state index in [1.54, 1.807) is 42.6 Å². The van der Waals surface area contributed by atoms with Crippen LogP contribution >= 0.6 is 0 Å². The number of nitrogens with zero attached hydrogens (tertiary/aromatic N) is 2. The molecular weight excluding hydrogens is 957 g/mol. The fourth-order valence-electron chi connectivity index (χ4n) is 8.37. The number of aliphatic carboxylic acids is 1. The van der Waals surface area contributed by atoms with Crippen LogP contribution in [0.4, 0.5) is 0 Å². The van der Waals surface area contributed by atoms with Gasteiger partial charge in [0.05, 0.1) is 12.7 Å². The number of unbranched alkanes of at least 4 members (excludes halogenated alkanes) is 1. The van der Waals surface area contributed by atoms with Gasteiger partial charge in [0.15, 0.2) is 5.96 Å². The molecule has 8 amide bonds. The third kappa shape index (κ3) is 18.1. The number of nitrogens with one attached hydrogen (secondary N) is 10. The van der Waals surface area contributed by atoms with Crippen molar-refractivity contribution in [2.45, 2.75) is 133 Å². The number of aromatic amines is 2. The largest absolute Gasteiger partial charge is 0.480 e. The average molecular weight is 1030 g/mol. The van der Waals surface area contributed by atoms with Crippen LogP contribution in [0.3, 0.4) is 0 Å². The van der Waals surface area contributed by atoms with E-state index in [1.807, 2.05) is 25.1 Å². The van der Waals surface area contributed by atoms with Crippen LogP contribution in [0.2, 0.25) is 0 Å². The molecule has 4 aromatic rings. The second kappa shape index (κ2) is 28.7. The number of carboxylic acids is 1. The van der Waals surface area contributed by atoms with Gasteiger partial charge < -0.3 is 69.1 Å². The van der Waals surface area contributed by atoms with Crippen molar-refractivity contribution < 1.29 is 48.3 Å². The summed E-state index contributed by atoms with van der Waals surface area (Å²) in [6.45, 7) is 3.19. The van der Waals surface area contributed by atoms with Crippen molar-refractivity contribution >= 4 is 70.1 Å². The highest BCUT2D eigenvalue weighted by atomic mass is 16.4. The zero-order valence-electron chi connectivity index (χ0n) is 41.5. The Hall–Kier alpha value is -8.31. The highest BCUT2D eigenvalue weighted by molar-refractivity contribution is 5.99. The first-order valence-electron chi connectivity index (χ1n) is 24.7. The van der Waals surface area contributed by atoms with Crippen LogP contribution in [-0.2, 0) is 62.4 Å². The second-order valence-corrected chi connectivity index (χ2v) is 18.1. The van der Waals surface area contributed by atoms with E-state index in [0.717, 1.165) is 10.9 Å². The maximum atomic E-state index is 14.7. The van der Waals surface area contributed by atoms with E-state index in [2.05, 4.69) is 62.5 Å². The quantitative estimate of drug-likeness (QED) is 0.0356. The first kappa shape index (κ1) is 56.6. The number of aromatic nitrogens is 3. The summed E-state index contributed by atoms with van der Waals surface area (Å²) < 4.78 is 0. The molecule has 1 saturated heterocycles. The summed E-state index contributed by atoms with van der Waals surface area (Å²) in [5.41, 5.74) is 13.5. The normalized spacial score (nSPS) is 21.3. The number of benzene rings is 2. The van der Waals surface area contributed by atoms with Gasteiger partial charge in [-0.2, -0.15) is 0 Å². The monoisotopic (exact) mass is 1020 g/mol. The molecule has 2 aromatic carbocycles. The minimum Gasteiger partial charge on any atom is -0.480 e. The number of nitrogens with two attached hydrogens (primary N) is 2. The van der Waals surface area contributed by atoms with Crippen LogP contribution < -0.4 is 54.0 Å². The molecular formula is C50H68N14O10. The molecule has 1 fully saturated rings. The van der Waals surface area contributed by atoms with E-state index in [-0.39, 0.29) is 76.8 Å². The smallest absolute Gasteiger partial charge is 0.326 e. The molecule has 0 spiro atoms. The summed E-state index contributed by atoms with van der Waals surface area (Å²) in [7, 11) is 0. The minimum absolute atomic E-state index is 0.00489. The van der Waals surface area contributed by atoms with E-state index in [4.69, 9.17) is 11.5 Å². The van der Waals surface area contributed by atoms with Crippen molar-refractivity contribution in [2.75, 3.05) is 13.1 Å². The van der Waals surface area contributed by atoms with Gasteiger partial charge in [-0.15, -0.1) is 0 Å². The molecule has 24 heteroatoms. The predicted molar refractivity (Wildman–Crippen MR) is 272 cm³/mol. The maximum absolute atomic E-state index is 14.7. The number of hydrogen-bond donors (Lipinski definition) is 13. The highest BCUT2D eigenvalue weighted by Gasteiger charge is 2.35. The molecule has 0 bridgehead atoms. The Morgan fingerprint density at radius 1 is 0.784 bits per heavy atom. The van der Waals surface area contributed by atoms with Gasteiger partial charge in [-0.05, 0) is 55.7 Å². The average Bonchev–Trinajstić information content (AvgIpc) is 4.04. The lowest BCUT2D eigenvalue weighted by Crippen LogP contribution is -2.61.